The van der Waals surface area contributed by atoms with E-state index < -0.39 is 0 Å². The molecule has 2 amide bonds. The lowest BCUT2D eigenvalue weighted by atomic mass is 10.0. The number of amides is 2. The number of nitrogens with zero attached hydrogens (tertiary/aromatic N) is 2. The molecule has 3 fully saturated rings. The van der Waals surface area contributed by atoms with Crippen molar-refractivity contribution < 1.29 is 9.59 Å². The maximum Gasteiger partial charge on any atom is 0.245 e. The van der Waals surface area contributed by atoms with E-state index >= 15 is 0 Å². The van der Waals surface area contributed by atoms with Crippen LogP contribution < -0.4 is 5.32 Å². The monoisotopic (exact) mass is 357 g/mol. The zero-order valence-corrected chi connectivity index (χ0v) is 15.7. The number of hydrogen-bond donors (Lipinski definition) is 1. The van der Waals surface area contributed by atoms with E-state index in [1.54, 1.807) is 0 Å². The van der Waals surface area contributed by atoms with Gasteiger partial charge in [0.05, 0.1) is 0 Å². The molecule has 5 nitrogen and oxygen atoms in total. The summed E-state index contributed by atoms with van der Waals surface area (Å²) in [6.45, 7) is 5.61. The minimum absolute atomic E-state index is 0. The molecule has 0 bridgehead atoms. The van der Waals surface area contributed by atoms with Crippen molar-refractivity contribution in [3.05, 3.63) is 0 Å². The molecule has 1 N–H and O–H groups in total. The van der Waals surface area contributed by atoms with Crippen LogP contribution in [0.5, 0.6) is 0 Å². The summed E-state index contributed by atoms with van der Waals surface area (Å²) >= 11 is 0. The Labute approximate surface area is 151 Å². The SMILES string of the molecule is CCCC(=O)N1CCCC1C(=O)N1CCC(NCC2CC2)CC1.Cl. The van der Waals surface area contributed by atoms with Crippen molar-refractivity contribution in [3.63, 3.8) is 0 Å². The molecule has 0 spiro atoms. The number of likely N-dealkylation sites (tertiary alicyclic amines) is 2. The van der Waals surface area contributed by atoms with E-state index in [1.165, 1.54) is 12.8 Å². The molecule has 2 saturated heterocycles. The number of nitrogens with one attached hydrogen (secondary N) is 1. The normalized spacial score (nSPS) is 24.8. The lowest BCUT2D eigenvalue weighted by Crippen LogP contribution is -2.52. The summed E-state index contributed by atoms with van der Waals surface area (Å²) in [5.41, 5.74) is 0. The molecule has 24 heavy (non-hydrogen) atoms. The smallest absolute Gasteiger partial charge is 0.245 e. The second-order valence-corrected chi connectivity index (χ2v) is 7.45. The average molecular weight is 358 g/mol. The Hall–Kier alpha value is -0.810. The fraction of sp³-hybridized carbons (Fsp3) is 0.889. The van der Waals surface area contributed by atoms with Crippen molar-refractivity contribution in [2.45, 2.75) is 70.4 Å². The van der Waals surface area contributed by atoms with Crippen molar-refractivity contribution in [2.75, 3.05) is 26.2 Å². The predicted molar refractivity (Wildman–Crippen MR) is 97.2 cm³/mol. The molecule has 0 radical (unpaired) electrons. The topological polar surface area (TPSA) is 52.7 Å². The van der Waals surface area contributed by atoms with Crippen LogP contribution in [0.15, 0.2) is 0 Å². The molecule has 0 aromatic heterocycles. The fourth-order valence-electron chi connectivity index (χ4n) is 3.85. The Balaban J connectivity index is 0.00000208. The van der Waals surface area contributed by atoms with E-state index in [9.17, 15) is 9.59 Å². The van der Waals surface area contributed by atoms with Gasteiger partial charge in [0.2, 0.25) is 11.8 Å². The predicted octanol–water partition coefficient (Wildman–Crippen LogP) is 2.19. The van der Waals surface area contributed by atoms with Crippen LogP contribution in [0.3, 0.4) is 0 Å². The van der Waals surface area contributed by atoms with E-state index in [1.807, 2.05) is 16.7 Å². The molecule has 1 atom stereocenters. The Kier molecular flexibility index (Phi) is 7.35. The summed E-state index contributed by atoms with van der Waals surface area (Å²) in [4.78, 5) is 28.8. The van der Waals surface area contributed by atoms with Crippen LogP contribution in [0.25, 0.3) is 0 Å². The fourth-order valence-corrected chi connectivity index (χ4v) is 3.85. The van der Waals surface area contributed by atoms with Crippen molar-refractivity contribution in [1.29, 1.82) is 0 Å². The minimum Gasteiger partial charge on any atom is -0.341 e. The minimum atomic E-state index is -0.190. The molecule has 2 heterocycles. The van der Waals surface area contributed by atoms with Crippen LogP contribution in [0.1, 0.15) is 58.3 Å². The van der Waals surface area contributed by atoms with E-state index in [-0.39, 0.29) is 30.3 Å². The van der Waals surface area contributed by atoms with Crippen LogP contribution in [0.2, 0.25) is 0 Å². The molecular weight excluding hydrogens is 326 g/mol. The molecule has 6 heteroatoms. The number of hydrogen-bond acceptors (Lipinski definition) is 3. The molecule has 0 aromatic rings. The highest BCUT2D eigenvalue weighted by atomic mass is 35.5. The standard InChI is InChI=1S/C18H31N3O2.ClH/c1-2-4-17(22)21-10-3-5-16(21)18(23)20-11-8-15(9-12-20)19-13-14-6-7-14;/h14-16,19H,2-13H2,1H3;1H. The lowest BCUT2D eigenvalue weighted by molar-refractivity contribution is -0.144. The van der Waals surface area contributed by atoms with Crippen LogP contribution in [0, 0.1) is 5.92 Å². The van der Waals surface area contributed by atoms with Crippen LogP contribution in [-0.2, 0) is 9.59 Å². The Morgan fingerprint density at radius 3 is 2.38 bits per heavy atom. The van der Waals surface area contributed by atoms with Gasteiger partial charge in [-0.2, -0.15) is 0 Å². The zero-order valence-electron chi connectivity index (χ0n) is 14.8. The molecule has 3 aliphatic rings. The van der Waals surface area contributed by atoms with Gasteiger partial charge < -0.3 is 15.1 Å². The highest BCUT2D eigenvalue weighted by Crippen LogP contribution is 2.28. The first-order valence-corrected chi connectivity index (χ1v) is 9.50. The number of carbonyl (C=O) groups is 2. The van der Waals surface area contributed by atoms with Gasteiger partial charge in [-0.3, -0.25) is 9.59 Å². The van der Waals surface area contributed by atoms with Crippen LogP contribution in [0.4, 0.5) is 0 Å². The first-order valence-electron chi connectivity index (χ1n) is 9.50. The van der Waals surface area contributed by atoms with Gasteiger partial charge in [-0.05, 0) is 57.4 Å². The second-order valence-electron chi connectivity index (χ2n) is 7.45. The summed E-state index contributed by atoms with van der Waals surface area (Å²) in [5, 5.41) is 3.65. The molecule has 138 valence electrons. The first kappa shape index (κ1) is 19.5. The van der Waals surface area contributed by atoms with Gasteiger partial charge >= 0.3 is 0 Å². The van der Waals surface area contributed by atoms with E-state index in [0.717, 1.165) is 64.2 Å². The van der Waals surface area contributed by atoms with Crippen LogP contribution in [-0.4, -0.2) is 59.9 Å². The van der Waals surface area contributed by atoms with Gasteiger partial charge in [0, 0.05) is 32.1 Å². The van der Waals surface area contributed by atoms with Crippen molar-refractivity contribution in [1.82, 2.24) is 15.1 Å². The maximum atomic E-state index is 12.8. The quantitative estimate of drug-likeness (QED) is 0.792. The largest absolute Gasteiger partial charge is 0.341 e. The number of halogens is 1. The second kappa shape index (κ2) is 9.04. The molecule has 2 aliphatic heterocycles. The highest BCUT2D eigenvalue weighted by molar-refractivity contribution is 5.88. The third-order valence-electron chi connectivity index (χ3n) is 5.52. The third kappa shape index (κ3) is 4.85. The van der Waals surface area contributed by atoms with E-state index in [4.69, 9.17) is 0 Å². The van der Waals surface area contributed by atoms with E-state index in [2.05, 4.69) is 5.32 Å². The Morgan fingerprint density at radius 1 is 1.04 bits per heavy atom. The maximum absolute atomic E-state index is 12.8. The first-order chi connectivity index (χ1) is 11.2. The van der Waals surface area contributed by atoms with Gasteiger partial charge in [0.15, 0.2) is 0 Å². The molecule has 3 rings (SSSR count). The summed E-state index contributed by atoms with van der Waals surface area (Å²) < 4.78 is 0. The van der Waals surface area contributed by atoms with Gasteiger partial charge in [-0.1, -0.05) is 6.92 Å². The number of piperidine rings is 1. The highest BCUT2D eigenvalue weighted by Gasteiger charge is 2.37. The van der Waals surface area contributed by atoms with Gasteiger partial charge in [0.25, 0.3) is 0 Å². The van der Waals surface area contributed by atoms with Crippen molar-refractivity contribution >= 4 is 24.2 Å². The van der Waals surface area contributed by atoms with Gasteiger partial charge in [0.1, 0.15) is 6.04 Å². The summed E-state index contributed by atoms with van der Waals surface area (Å²) in [7, 11) is 0. The molecular formula is C18H32ClN3O2. The molecule has 0 aromatic carbocycles. The molecule has 1 aliphatic carbocycles. The third-order valence-corrected chi connectivity index (χ3v) is 5.52. The molecule has 1 unspecified atom stereocenters. The van der Waals surface area contributed by atoms with Gasteiger partial charge in [-0.15, -0.1) is 12.4 Å². The lowest BCUT2D eigenvalue weighted by Gasteiger charge is -2.36. The molecule has 1 saturated carbocycles. The summed E-state index contributed by atoms with van der Waals surface area (Å²) in [6.07, 6.45) is 8.09. The van der Waals surface area contributed by atoms with Gasteiger partial charge in [-0.25, -0.2) is 0 Å². The summed E-state index contributed by atoms with van der Waals surface area (Å²) in [5.74, 6) is 1.25. The number of rotatable bonds is 6. The summed E-state index contributed by atoms with van der Waals surface area (Å²) in [6, 6.07) is 0.381. The van der Waals surface area contributed by atoms with E-state index in [0.29, 0.717) is 12.5 Å². The number of carbonyl (C=O) groups excluding carboxylic acids is 2. The Bertz CT molecular complexity index is 434. The van der Waals surface area contributed by atoms with Crippen molar-refractivity contribution in [2.24, 2.45) is 5.92 Å². The van der Waals surface area contributed by atoms with Crippen LogP contribution >= 0.6 is 12.4 Å². The van der Waals surface area contributed by atoms with Crippen molar-refractivity contribution in [3.8, 4) is 0 Å². The zero-order chi connectivity index (χ0) is 16.2. The Morgan fingerprint density at radius 2 is 1.75 bits per heavy atom. The average Bonchev–Trinajstić information content (AvgIpc) is 3.27.